The first-order chi connectivity index (χ1) is 10.1. The number of rotatable bonds is 7. The molecule has 0 bridgehead atoms. The summed E-state index contributed by atoms with van der Waals surface area (Å²) in [6.45, 7) is 7.40. The lowest BCUT2D eigenvalue weighted by molar-refractivity contribution is 0.139. The normalized spacial score (nSPS) is 14.5. The predicted octanol–water partition coefficient (Wildman–Crippen LogP) is 1.98. The number of benzene rings is 1. The molecule has 1 aromatic carbocycles. The van der Waals surface area contributed by atoms with Crippen molar-refractivity contribution in [2.75, 3.05) is 13.2 Å². The molecule has 0 amide bonds. The van der Waals surface area contributed by atoms with E-state index >= 15 is 0 Å². The molecule has 1 heterocycles. The summed E-state index contributed by atoms with van der Waals surface area (Å²) in [5.41, 5.74) is 3.64. The molecule has 0 spiro atoms. The Morgan fingerprint density at radius 2 is 1.95 bits per heavy atom. The molecule has 0 fully saturated rings. The zero-order valence-corrected chi connectivity index (χ0v) is 13.1. The predicted molar refractivity (Wildman–Crippen MR) is 86.6 cm³/mol. The number of nitrogens with one attached hydrogen (secondary N) is 1. The van der Waals surface area contributed by atoms with Gasteiger partial charge >= 0.3 is 0 Å². The smallest absolute Gasteiger partial charge is 0.0843 e. The summed E-state index contributed by atoms with van der Waals surface area (Å²) in [6, 6.07) is 8.35. The van der Waals surface area contributed by atoms with Crippen LogP contribution in [-0.4, -0.2) is 40.1 Å². The Labute approximate surface area is 126 Å². The number of para-hydroxylation sites is 1. The van der Waals surface area contributed by atoms with Crippen molar-refractivity contribution >= 4 is 10.9 Å². The molecule has 116 valence electrons. The van der Waals surface area contributed by atoms with E-state index < -0.39 is 6.10 Å². The van der Waals surface area contributed by atoms with Crippen LogP contribution in [0.4, 0.5) is 0 Å². The number of aliphatic hydroxyl groups excluding tert-OH is 2. The van der Waals surface area contributed by atoms with Gasteiger partial charge in [0.25, 0.3) is 0 Å². The summed E-state index contributed by atoms with van der Waals surface area (Å²) in [5.74, 6) is 0. The molecule has 0 aliphatic rings. The van der Waals surface area contributed by atoms with Crippen LogP contribution in [-0.2, 0) is 6.54 Å². The zero-order chi connectivity index (χ0) is 15.4. The molecule has 2 rings (SSSR count). The molecule has 4 heteroatoms. The zero-order valence-electron chi connectivity index (χ0n) is 13.1. The number of hydrogen-bond donors (Lipinski definition) is 3. The van der Waals surface area contributed by atoms with Crippen molar-refractivity contribution in [2.24, 2.45) is 0 Å². The highest BCUT2D eigenvalue weighted by atomic mass is 16.3. The molecule has 3 N–H and O–H groups in total. The molecule has 21 heavy (non-hydrogen) atoms. The minimum absolute atomic E-state index is 0.0592. The second-order valence-electron chi connectivity index (χ2n) is 5.69. The van der Waals surface area contributed by atoms with E-state index in [9.17, 15) is 5.11 Å². The van der Waals surface area contributed by atoms with Crippen LogP contribution in [0.1, 0.15) is 24.6 Å². The van der Waals surface area contributed by atoms with Gasteiger partial charge in [0.1, 0.15) is 0 Å². The van der Waals surface area contributed by atoms with Crippen LogP contribution >= 0.6 is 0 Å². The fourth-order valence-corrected chi connectivity index (χ4v) is 2.76. The van der Waals surface area contributed by atoms with E-state index in [-0.39, 0.29) is 12.6 Å². The van der Waals surface area contributed by atoms with Gasteiger partial charge in [0, 0.05) is 29.2 Å². The van der Waals surface area contributed by atoms with Crippen molar-refractivity contribution in [3.63, 3.8) is 0 Å². The van der Waals surface area contributed by atoms with Crippen molar-refractivity contribution in [1.82, 2.24) is 9.88 Å². The first-order valence-electron chi connectivity index (χ1n) is 7.65. The van der Waals surface area contributed by atoms with E-state index in [1.165, 1.54) is 22.2 Å². The Kier molecular flexibility index (Phi) is 5.39. The molecule has 0 saturated carbocycles. The largest absolute Gasteiger partial charge is 0.395 e. The third kappa shape index (κ3) is 3.46. The Bertz CT molecular complexity index is 588. The van der Waals surface area contributed by atoms with E-state index in [1.54, 1.807) is 0 Å². The molecule has 2 atom stereocenters. The average molecular weight is 290 g/mol. The van der Waals surface area contributed by atoms with Gasteiger partial charge in [0.2, 0.25) is 0 Å². The second-order valence-corrected chi connectivity index (χ2v) is 5.69. The summed E-state index contributed by atoms with van der Waals surface area (Å²) in [4.78, 5) is 0. The van der Waals surface area contributed by atoms with Crippen molar-refractivity contribution < 1.29 is 10.2 Å². The molecule has 1 aromatic heterocycles. The number of aryl methyl sites for hydroxylation is 1. The lowest BCUT2D eigenvalue weighted by Gasteiger charge is -2.19. The standard InChI is InChI=1S/C17H26N2O2/c1-4-14(11-20)18-9-15(21)10-19-13(3)12(2)16-7-5-6-8-17(16)19/h5-8,14-15,18,20-21H,4,9-11H2,1-3H3/t14-,15+/m1/s1. The summed E-state index contributed by atoms with van der Waals surface area (Å²) < 4.78 is 2.18. The first-order valence-corrected chi connectivity index (χ1v) is 7.65. The molecule has 0 radical (unpaired) electrons. The topological polar surface area (TPSA) is 57.4 Å². The lowest BCUT2D eigenvalue weighted by Crippen LogP contribution is -2.39. The third-order valence-electron chi connectivity index (χ3n) is 4.30. The molecular weight excluding hydrogens is 264 g/mol. The van der Waals surface area contributed by atoms with Crippen LogP contribution in [0.5, 0.6) is 0 Å². The molecule has 0 aliphatic heterocycles. The van der Waals surface area contributed by atoms with Crippen LogP contribution < -0.4 is 5.32 Å². The molecular formula is C17H26N2O2. The van der Waals surface area contributed by atoms with Gasteiger partial charge in [-0.1, -0.05) is 25.1 Å². The molecule has 0 saturated heterocycles. The highest BCUT2D eigenvalue weighted by molar-refractivity contribution is 5.85. The van der Waals surface area contributed by atoms with E-state index in [0.29, 0.717) is 13.1 Å². The van der Waals surface area contributed by atoms with Gasteiger partial charge in [0.05, 0.1) is 19.3 Å². The molecule has 2 aromatic rings. The summed E-state index contributed by atoms with van der Waals surface area (Å²) in [6.07, 6.45) is 0.382. The average Bonchev–Trinajstić information content (AvgIpc) is 2.74. The maximum atomic E-state index is 10.3. The van der Waals surface area contributed by atoms with Crippen LogP contribution in [0, 0.1) is 13.8 Å². The summed E-state index contributed by atoms with van der Waals surface area (Å²) in [5, 5.41) is 23.9. The first kappa shape index (κ1) is 16.0. The van der Waals surface area contributed by atoms with Crippen molar-refractivity contribution in [3.8, 4) is 0 Å². The Balaban J connectivity index is 2.11. The Morgan fingerprint density at radius 3 is 2.62 bits per heavy atom. The van der Waals surface area contributed by atoms with Gasteiger partial charge in [-0.3, -0.25) is 0 Å². The number of nitrogens with zero attached hydrogens (tertiary/aromatic N) is 1. The fourth-order valence-electron chi connectivity index (χ4n) is 2.76. The minimum Gasteiger partial charge on any atom is -0.395 e. The van der Waals surface area contributed by atoms with Crippen molar-refractivity contribution in [3.05, 3.63) is 35.5 Å². The van der Waals surface area contributed by atoms with Crippen LogP contribution in [0.3, 0.4) is 0 Å². The van der Waals surface area contributed by atoms with Crippen molar-refractivity contribution in [2.45, 2.75) is 45.9 Å². The second kappa shape index (κ2) is 7.07. The van der Waals surface area contributed by atoms with Gasteiger partial charge in [-0.15, -0.1) is 0 Å². The van der Waals surface area contributed by atoms with Crippen LogP contribution in [0.25, 0.3) is 10.9 Å². The molecule has 0 aliphatic carbocycles. The van der Waals surface area contributed by atoms with E-state index in [0.717, 1.165) is 6.42 Å². The monoisotopic (exact) mass is 290 g/mol. The Morgan fingerprint density at radius 1 is 1.24 bits per heavy atom. The van der Waals surface area contributed by atoms with Crippen LogP contribution in [0.15, 0.2) is 24.3 Å². The Hall–Kier alpha value is -1.36. The van der Waals surface area contributed by atoms with Crippen molar-refractivity contribution in [1.29, 1.82) is 0 Å². The van der Waals surface area contributed by atoms with E-state index in [2.05, 4.69) is 35.9 Å². The maximum absolute atomic E-state index is 10.3. The van der Waals surface area contributed by atoms with Gasteiger partial charge in [-0.05, 0) is 31.9 Å². The van der Waals surface area contributed by atoms with Gasteiger partial charge in [-0.2, -0.15) is 0 Å². The van der Waals surface area contributed by atoms with Gasteiger partial charge in [0.15, 0.2) is 0 Å². The van der Waals surface area contributed by atoms with E-state index in [1.807, 2.05) is 19.1 Å². The van der Waals surface area contributed by atoms with Crippen LogP contribution in [0.2, 0.25) is 0 Å². The maximum Gasteiger partial charge on any atom is 0.0843 e. The minimum atomic E-state index is -0.473. The van der Waals surface area contributed by atoms with E-state index in [4.69, 9.17) is 5.11 Å². The quantitative estimate of drug-likeness (QED) is 0.731. The summed E-state index contributed by atoms with van der Waals surface area (Å²) in [7, 11) is 0. The summed E-state index contributed by atoms with van der Waals surface area (Å²) >= 11 is 0. The van der Waals surface area contributed by atoms with Gasteiger partial charge < -0.3 is 20.1 Å². The highest BCUT2D eigenvalue weighted by Crippen LogP contribution is 2.25. The number of fused-ring (bicyclic) bond motifs is 1. The number of hydrogen-bond acceptors (Lipinski definition) is 3. The lowest BCUT2D eigenvalue weighted by atomic mass is 10.2. The molecule has 0 unspecified atom stereocenters. The van der Waals surface area contributed by atoms with Gasteiger partial charge in [-0.25, -0.2) is 0 Å². The highest BCUT2D eigenvalue weighted by Gasteiger charge is 2.14. The number of aromatic nitrogens is 1. The fraction of sp³-hybridized carbons (Fsp3) is 0.529. The SMILES string of the molecule is CC[C@H](CO)NC[C@H](O)Cn1c(C)c(C)c2ccccc21. The number of aliphatic hydroxyl groups is 2. The third-order valence-corrected chi connectivity index (χ3v) is 4.30. The molecule has 4 nitrogen and oxygen atoms in total.